The third kappa shape index (κ3) is 3.78. The highest BCUT2D eigenvalue weighted by atomic mass is 16.5. The van der Waals surface area contributed by atoms with E-state index in [9.17, 15) is 4.79 Å². The molecule has 2 aliphatic heterocycles. The normalized spacial score (nSPS) is 17.6. The van der Waals surface area contributed by atoms with Crippen molar-refractivity contribution in [1.82, 2.24) is 10.2 Å². The number of fused-ring (bicyclic) bond motifs is 1. The maximum absolute atomic E-state index is 13.2. The number of amides is 2. The largest absolute Gasteiger partial charge is 0.493 e. The SMILES string of the molecule is O=C(NC(c1ccccc1)c1ccccc1)N1CC[C@H](c2ccc3c(c2)CCO3)C1. The molecule has 4 nitrogen and oxygen atoms in total. The molecular weight excluding hydrogens is 372 g/mol. The smallest absolute Gasteiger partial charge is 0.318 e. The molecule has 2 amide bonds. The highest BCUT2D eigenvalue weighted by Gasteiger charge is 2.29. The second kappa shape index (κ2) is 8.23. The van der Waals surface area contributed by atoms with Crippen molar-refractivity contribution in [2.75, 3.05) is 19.7 Å². The van der Waals surface area contributed by atoms with Crippen LogP contribution < -0.4 is 10.1 Å². The summed E-state index contributed by atoms with van der Waals surface area (Å²) in [7, 11) is 0. The molecule has 1 N–H and O–H groups in total. The molecule has 2 heterocycles. The number of hydrogen-bond acceptors (Lipinski definition) is 2. The van der Waals surface area contributed by atoms with Crippen LogP contribution in [0.3, 0.4) is 0 Å². The topological polar surface area (TPSA) is 41.6 Å². The number of ether oxygens (including phenoxy) is 1. The van der Waals surface area contributed by atoms with Crippen molar-refractivity contribution >= 4 is 6.03 Å². The molecule has 152 valence electrons. The molecule has 1 atom stereocenters. The minimum absolute atomic E-state index is 0.000278. The standard InChI is InChI=1S/C26H26N2O2/c29-26(27-25(19-7-3-1-4-8-19)20-9-5-2-6-10-20)28-15-13-23(18-28)21-11-12-24-22(17-21)14-16-30-24/h1-12,17,23,25H,13-16,18H2,(H,27,29)/t23-/m0/s1. The van der Waals surface area contributed by atoms with Gasteiger partial charge in [0, 0.05) is 25.4 Å². The molecule has 5 rings (SSSR count). The summed E-state index contributed by atoms with van der Waals surface area (Å²) in [5, 5.41) is 3.27. The van der Waals surface area contributed by atoms with E-state index in [0.29, 0.717) is 5.92 Å². The second-order valence-corrected chi connectivity index (χ2v) is 8.10. The van der Waals surface area contributed by atoms with E-state index in [1.54, 1.807) is 0 Å². The summed E-state index contributed by atoms with van der Waals surface area (Å²) in [4.78, 5) is 15.1. The fourth-order valence-electron chi connectivity index (χ4n) is 4.54. The molecule has 4 heteroatoms. The first kappa shape index (κ1) is 18.7. The fraction of sp³-hybridized carbons (Fsp3) is 0.269. The van der Waals surface area contributed by atoms with Crippen LogP contribution in [0.5, 0.6) is 5.75 Å². The quantitative estimate of drug-likeness (QED) is 0.678. The van der Waals surface area contributed by atoms with Gasteiger partial charge < -0.3 is 15.0 Å². The van der Waals surface area contributed by atoms with Crippen molar-refractivity contribution in [2.45, 2.75) is 24.8 Å². The van der Waals surface area contributed by atoms with Crippen LogP contribution in [0.4, 0.5) is 4.79 Å². The van der Waals surface area contributed by atoms with E-state index in [2.05, 4.69) is 47.8 Å². The molecule has 0 spiro atoms. The molecule has 1 fully saturated rings. The van der Waals surface area contributed by atoms with Crippen molar-refractivity contribution in [3.8, 4) is 5.75 Å². The zero-order valence-electron chi connectivity index (χ0n) is 17.0. The summed E-state index contributed by atoms with van der Waals surface area (Å²) in [5.41, 5.74) is 4.79. The minimum Gasteiger partial charge on any atom is -0.493 e. The Morgan fingerprint density at radius 3 is 2.37 bits per heavy atom. The molecular formula is C26H26N2O2. The lowest BCUT2D eigenvalue weighted by atomic mass is 9.96. The Hall–Kier alpha value is -3.27. The van der Waals surface area contributed by atoms with Crippen LogP contribution >= 0.6 is 0 Å². The number of hydrogen-bond donors (Lipinski definition) is 1. The second-order valence-electron chi connectivity index (χ2n) is 8.10. The predicted octanol–water partition coefficient (Wildman–Crippen LogP) is 4.91. The molecule has 0 radical (unpaired) electrons. The fourth-order valence-corrected chi connectivity index (χ4v) is 4.54. The van der Waals surface area contributed by atoms with Gasteiger partial charge in [-0.2, -0.15) is 0 Å². The van der Waals surface area contributed by atoms with Gasteiger partial charge in [-0.05, 0) is 34.7 Å². The molecule has 0 aliphatic carbocycles. The number of carbonyl (C=O) groups is 1. The van der Waals surface area contributed by atoms with Crippen LogP contribution in [0, 0.1) is 0 Å². The van der Waals surface area contributed by atoms with Crippen LogP contribution in [0.2, 0.25) is 0 Å². The number of carbonyl (C=O) groups excluding carboxylic acids is 1. The van der Waals surface area contributed by atoms with Gasteiger partial charge >= 0.3 is 6.03 Å². The monoisotopic (exact) mass is 398 g/mol. The van der Waals surface area contributed by atoms with Crippen LogP contribution in [-0.2, 0) is 6.42 Å². The lowest BCUT2D eigenvalue weighted by Gasteiger charge is -2.24. The number of rotatable bonds is 4. The van der Waals surface area contributed by atoms with E-state index < -0.39 is 0 Å². The van der Waals surface area contributed by atoms with E-state index in [-0.39, 0.29) is 12.1 Å². The zero-order chi connectivity index (χ0) is 20.3. The van der Waals surface area contributed by atoms with Crippen molar-refractivity contribution < 1.29 is 9.53 Å². The third-order valence-corrected chi connectivity index (χ3v) is 6.19. The number of nitrogens with zero attached hydrogens (tertiary/aromatic N) is 1. The van der Waals surface area contributed by atoms with Gasteiger partial charge in [0.15, 0.2) is 0 Å². The average Bonchev–Trinajstić information content (AvgIpc) is 3.48. The molecule has 3 aromatic carbocycles. The summed E-state index contributed by atoms with van der Waals surface area (Å²) in [6.45, 7) is 2.31. The summed E-state index contributed by atoms with van der Waals surface area (Å²) >= 11 is 0. The first-order valence-corrected chi connectivity index (χ1v) is 10.7. The first-order chi connectivity index (χ1) is 14.8. The number of urea groups is 1. The summed E-state index contributed by atoms with van der Waals surface area (Å²) in [6, 6.07) is 26.7. The zero-order valence-corrected chi connectivity index (χ0v) is 17.0. The van der Waals surface area contributed by atoms with Crippen LogP contribution in [0.1, 0.15) is 40.6 Å². The molecule has 30 heavy (non-hydrogen) atoms. The van der Waals surface area contributed by atoms with E-state index in [1.165, 1.54) is 11.1 Å². The lowest BCUT2D eigenvalue weighted by Crippen LogP contribution is -2.40. The predicted molar refractivity (Wildman–Crippen MR) is 118 cm³/mol. The van der Waals surface area contributed by atoms with E-state index in [4.69, 9.17) is 4.74 Å². The molecule has 1 saturated heterocycles. The first-order valence-electron chi connectivity index (χ1n) is 10.7. The third-order valence-electron chi connectivity index (χ3n) is 6.19. The van der Waals surface area contributed by atoms with Gasteiger partial charge in [-0.1, -0.05) is 72.8 Å². The Labute approximate surface area is 177 Å². The lowest BCUT2D eigenvalue weighted by molar-refractivity contribution is 0.205. The Balaban J connectivity index is 1.30. The van der Waals surface area contributed by atoms with E-state index >= 15 is 0 Å². The Bertz CT molecular complexity index is 980. The van der Waals surface area contributed by atoms with E-state index in [0.717, 1.165) is 49.4 Å². The van der Waals surface area contributed by atoms with Crippen molar-refractivity contribution in [2.24, 2.45) is 0 Å². The highest BCUT2D eigenvalue weighted by molar-refractivity contribution is 5.76. The van der Waals surface area contributed by atoms with Gasteiger partial charge in [-0.15, -0.1) is 0 Å². The van der Waals surface area contributed by atoms with Gasteiger partial charge in [-0.25, -0.2) is 4.79 Å². The summed E-state index contributed by atoms with van der Waals surface area (Å²) < 4.78 is 5.63. The van der Waals surface area contributed by atoms with Gasteiger partial charge in [0.25, 0.3) is 0 Å². The maximum Gasteiger partial charge on any atom is 0.318 e. The Morgan fingerprint density at radius 2 is 1.67 bits per heavy atom. The number of likely N-dealkylation sites (tertiary alicyclic amines) is 1. The van der Waals surface area contributed by atoms with Gasteiger partial charge in [-0.3, -0.25) is 0 Å². The Morgan fingerprint density at radius 1 is 0.967 bits per heavy atom. The number of nitrogens with one attached hydrogen (secondary N) is 1. The molecule has 3 aromatic rings. The van der Waals surface area contributed by atoms with E-state index in [1.807, 2.05) is 41.3 Å². The summed E-state index contributed by atoms with van der Waals surface area (Å²) in [6.07, 6.45) is 1.98. The van der Waals surface area contributed by atoms with Crippen LogP contribution in [-0.4, -0.2) is 30.6 Å². The van der Waals surface area contributed by atoms with Crippen molar-refractivity contribution in [3.05, 3.63) is 101 Å². The molecule has 0 unspecified atom stereocenters. The van der Waals surface area contributed by atoms with Crippen molar-refractivity contribution in [3.63, 3.8) is 0 Å². The summed E-state index contributed by atoms with van der Waals surface area (Å²) in [5.74, 6) is 1.40. The Kier molecular flexibility index (Phi) is 5.14. The van der Waals surface area contributed by atoms with Gasteiger partial charge in [0.2, 0.25) is 0 Å². The van der Waals surface area contributed by atoms with Crippen LogP contribution in [0.15, 0.2) is 78.9 Å². The average molecular weight is 399 g/mol. The molecule has 0 saturated carbocycles. The van der Waals surface area contributed by atoms with Crippen molar-refractivity contribution in [1.29, 1.82) is 0 Å². The molecule has 0 bridgehead atoms. The molecule has 0 aromatic heterocycles. The maximum atomic E-state index is 13.2. The highest BCUT2D eigenvalue weighted by Crippen LogP contribution is 2.33. The number of benzene rings is 3. The molecule has 2 aliphatic rings. The van der Waals surface area contributed by atoms with Gasteiger partial charge in [0.1, 0.15) is 5.75 Å². The van der Waals surface area contributed by atoms with Gasteiger partial charge in [0.05, 0.1) is 12.6 Å². The minimum atomic E-state index is -0.156. The van der Waals surface area contributed by atoms with Crippen LogP contribution in [0.25, 0.3) is 0 Å².